The molecular formula is C16H19BrN2O. The standard InChI is InChI=1S/C16H19BrN2O/c1-3-10-18-12(2)15-5-4-11-19-16(15)20-14-8-6-13(17)7-9-14/h4-9,11-12,18H,3,10H2,1-2H3. The molecule has 0 saturated heterocycles. The normalized spacial score (nSPS) is 12.2. The zero-order valence-electron chi connectivity index (χ0n) is 11.8. The van der Waals surface area contributed by atoms with Gasteiger partial charge in [0, 0.05) is 22.3 Å². The van der Waals surface area contributed by atoms with E-state index in [9.17, 15) is 0 Å². The van der Waals surface area contributed by atoms with Gasteiger partial charge in [0.15, 0.2) is 0 Å². The van der Waals surface area contributed by atoms with Gasteiger partial charge in [-0.3, -0.25) is 0 Å². The van der Waals surface area contributed by atoms with Crippen LogP contribution in [-0.2, 0) is 0 Å². The van der Waals surface area contributed by atoms with Gasteiger partial charge in [0.1, 0.15) is 5.75 Å². The van der Waals surface area contributed by atoms with E-state index in [2.05, 4.69) is 46.1 Å². The molecule has 0 saturated carbocycles. The molecule has 0 aliphatic carbocycles. The second-order valence-corrected chi connectivity index (χ2v) is 5.55. The van der Waals surface area contributed by atoms with Crippen molar-refractivity contribution in [1.82, 2.24) is 10.3 Å². The van der Waals surface area contributed by atoms with Crippen molar-refractivity contribution < 1.29 is 4.74 Å². The minimum Gasteiger partial charge on any atom is -0.439 e. The van der Waals surface area contributed by atoms with E-state index in [4.69, 9.17) is 4.74 Å². The van der Waals surface area contributed by atoms with E-state index in [0.29, 0.717) is 5.88 Å². The first-order valence-corrected chi connectivity index (χ1v) is 7.61. The first-order valence-electron chi connectivity index (χ1n) is 6.82. The lowest BCUT2D eigenvalue weighted by atomic mass is 10.1. The molecule has 3 nitrogen and oxygen atoms in total. The summed E-state index contributed by atoms with van der Waals surface area (Å²) in [5.74, 6) is 1.45. The molecule has 1 aromatic carbocycles. The zero-order chi connectivity index (χ0) is 14.4. The van der Waals surface area contributed by atoms with Gasteiger partial charge in [-0.05, 0) is 50.2 Å². The highest BCUT2D eigenvalue weighted by Crippen LogP contribution is 2.28. The third kappa shape index (κ3) is 4.05. The number of nitrogens with one attached hydrogen (secondary N) is 1. The van der Waals surface area contributed by atoms with Crippen LogP contribution in [0.4, 0.5) is 0 Å². The van der Waals surface area contributed by atoms with Crippen LogP contribution in [0.3, 0.4) is 0 Å². The fourth-order valence-electron chi connectivity index (χ4n) is 1.90. The summed E-state index contributed by atoms with van der Waals surface area (Å²) >= 11 is 3.42. The smallest absolute Gasteiger partial charge is 0.223 e. The SMILES string of the molecule is CCCNC(C)c1cccnc1Oc1ccc(Br)cc1. The predicted octanol–water partition coefficient (Wildman–Crippen LogP) is 4.70. The molecule has 0 radical (unpaired) electrons. The Labute approximate surface area is 128 Å². The molecule has 1 unspecified atom stereocenters. The maximum atomic E-state index is 5.89. The van der Waals surface area contributed by atoms with Crippen molar-refractivity contribution in [3.05, 3.63) is 52.6 Å². The monoisotopic (exact) mass is 334 g/mol. The Balaban J connectivity index is 2.17. The van der Waals surface area contributed by atoms with Crippen LogP contribution in [-0.4, -0.2) is 11.5 Å². The Bertz CT molecular complexity index is 542. The molecule has 4 heteroatoms. The van der Waals surface area contributed by atoms with E-state index in [0.717, 1.165) is 28.8 Å². The predicted molar refractivity (Wildman–Crippen MR) is 85.2 cm³/mol. The van der Waals surface area contributed by atoms with Crippen LogP contribution in [0.2, 0.25) is 0 Å². The van der Waals surface area contributed by atoms with E-state index < -0.39 is 0 Å². The summed E-state index contributed by atoms with van der Waals surface area (Å²) in [6.07, 6.45) is 2.86. The van der Waals surface area contributed by atoms with Crippen molar-refractivity contribution in [3.63, 3.8) is 0 Å². The van der Waals surface area contributed by atoms with Gasteiger partial charge in [0.05, 0.1) is 0 Å². The topological polar surface area (TPSA) is 34.2 Å². The van der Waals surface area contributed by atoms with Gasteiger partial charge in [0.2, 0.25) is 5.88 Å². The highest BCUT2D eigenvalue weighted by atomic mass is 79.9. The Morgan fingerprint density at radius 1 is 1.25 bits per heavy atom. The number of hydrogen-bond acceptors (Lipinski definition) is 3. The summed E-state index contributed by atoms with van der Waals surface area (Å²) in [5.41, 5.74) is 1.07. The molecule has 0 bridgehead atoms. The van der Waals surface area contributed by atoms with E-state index in [1.54, 1.807) is 6.20 Å². The van der Waals surface area contributed by atoms with Crippen LogP contribution >= 0.6 is 15.9 Å². The first kappa shape index (κ1) is 15.0. The highest BCUT2D eigenvalue weighted by molar-refractivity contribution is 9.10. The van der Waals surface area contributed by atoms with Crippen molar-refractivity contribution in [2.24, 2.45) is 0 Å². The number of aromatic nitrogens is 1. The number of pyridine rings is 1. The molecule has 106 valence electrons. The van der Waals surface area contributed by atoms with Crippen LogP contribution in [0, 0.1) is 0 Å². The molecule has 1 N–H and O–H groups in total. The van der Waals surface area contributed by atoms with Crippen LogP contribution in [0.25, 0.3) is 0 Å². The van der Waals surface area contributed by atoms with Crippen molar-refractivity contribution in [2.75, 3.05) is 6.54 Å². The molecule has 0 amide bonds. The number of halogens is 1. The summed E-state index contributed by atoms with van der Waals surface area (Å²) < 4.78 is 6.93. The Kier molecular flexibility index (Phi) is 5.56. The average molecular weight is 335 g/mol. The molecule has 0 fully saturated rings. The Hall–Kier alpha value is -1.39. The number of rotatable bonds is 6. The molecule has 0 aliphatic rings. The maximum Gasteiger partial charge on any atom is 0.223 e. The minimum atomic E-state index is 0.217. The number of nitrogens with zero attached hydrogens (tertiary/aromatic N) is 1. The Morgan fingerprint density at radius 3 is 2.70 bits per heavy atom. The van der Waals surface area contributed by atoms with Gasteiger partial charge >= 0.3 is 0 Å². The summed E-state index contributed by atoms with van der Waals surface area (Å²) in [6.45, 7) is 5.26. The lowest BCUT2D eigenvalue weighted by Crippen LogP contribution is -2.20. The minimum absolute atomic E-state index is 0.217. The highest BCUT2D eigenvalue weighted by Gasteiger charge is 2.12. The van der Waals surface area contributed by atoms with Crippen LogP contribution in [0.1, 0.15) is 31.9 Å². The van der Waals surface area contributed by atoms with Gasteiger partial charge in [-0.1, -0.05) is 28.9 Å². The number of benzene rings is 1. The summed E-state index contributed by atoms with van der Waals surface area (Å²) in [7, 11) is 0. The summed E-state index contributed by atoms with van der Waals surface area (Å²) in [5, 5.41) is 3.46. The number of hydrogen-bond donors (Lipinski definition) is 1. The van der Waals surface area contributed by atoms with Crippen molar-refractivity contribution >= 4 is 15.9 Å². The van der Waals surface area contributed by atoms with Gasteiger partial charge < -0.3 is 10.1 Å². The molecule has 1 heterocycles. The lowest BCUT2D eigenvalue weighted by Gasteiger charge is -2.16. The van der Waals surface area contributed by atoms with Crippen LogP contribution in [0.15, 0.2) is 47.1 Å². The molecule has 1 atom stereocenters. The third-order valence-electron chi connectivity index (χ3n) is 3.00. The fraction of sp³-hybridized carbons (Fsp3) is 0.312. The second kappa shape index (κ2) is 7.41. The molecule has 1 aromatic heterocycles. The molecule has 2 rings (SSSR count). The quantitative estimate of drug-likeness (QED) is 0.831. The van der Waals surface area contributed by atoms with Crippen molar-refractivity contribution in [2.45, 2.75) is 26.3 Å². The summed E-state index contributed by atoms with van der Waals surface area (Å²) in [6, 6.07) is 12.0. The van der Waals surface area contributed by atoms with E-state index in [1.165, 1.54) is 0 Å². The average Bonchev–Trinajstić information content (AvgIpc) is 2.48. The van der Waals surface area contributed by atoms with E-state index in [-0.39, 0.29) is 6.04 Å². The molecule has 0 spiro atoms. The van der Waals surface area contributed by atoms with Crippen molar-refractivity contribution in [1.29, 1.82) is 0 Å². The van der Waals surface area contributed by atoms with Gasteiger partial charge in [-0.25, -0.2) is 4.98 Å². The molecule has 0 aliphatic heterocycles. The van der Waals surface area contributed by atoms with Gasteiger partial charge in [-0.15, -0.1) is 0 Å². The molecular weight excluding hydrogens is 316 g/mol. The van der Waals surface area contributed by atoms with Crippen LogP contribution in [0.5, 0.6) is 11.6 Å². The first-order chi connectivity index (χ1) is 9.70. The maximum absolute atomic E-state index is 5.89. The third-order valence-corrected chi connectivity index (χ3v) is 3.52. The lowest BCUT2D eigenvalue weighted by molar-refractivity contribution is 0.442. The fourth-order valence-corrected chi connectivity index (χ4v) is 2.17. The number of ether oxygens (including phenoxy) is 1. The largest absolute Gasteiger partial charge is 0.439 e. The molecule has 2 aromatic rings. The Morgan fingerprint density at radius 2 is 2.00 bits per heavy atom. The second-order valence-electron chi connectivity index (χ2n) is 4.63. The van der Waals surface area contributed by atoms with E-state index in [1.807, 2.05) is 30.3 Å². The molecule has 20 heavy (non-hydrogen) atoms. The summed E-state index contributed by atoms with van der Waals surface area (Å²) in [4.78, 5) is 4.35. The van der Waals surface area contributed by atoms with Crippen LogP contribution < -0.4 is 10.1 Å². The van der Waals surface area contributed by atoms with E-state index >= 15 is 0 Å². The van der Waals surface area contributed by atoms with Gasteiger partial charge in [0.25, 0.3) is 0 Å². The van der Waals surface area contributed by atoms with Crippen molar-refractivity contribution in [3.8, 4) is 11.6 Å². The zero-order valence-corrected chi connectivity index (χ0v) is 13.4. The van der Waals surface area contributed by atoms with Gasteiger partial charge in [-0.2, -0.15) is 0 Å².